The lowest BCUT2D eigenvalue weighted by Gasteiger charge is -2.10. The fourth-order valence-electron chi connectivity index (χ4n) is 1.97. The molecule has 20 heavy (non-hydrogen) atoms. The Morgan fingerprint density at radius 1 is 1.25 bits per heavy atom. The minimum atomic E-state index is -3.66. The van der Waals surface area contributed by atoms with Crippen molar-refractivity contribution in [3.63, 3.8) is 0 Å². The summed E-state index contributed by atoms with van der Waals surface area (Å²) in [5.41, 5.74) is 2.32. The highest BCUT2D eigenvalue weighted by atomic mass is 32.2. The number of sulfonamides is 1. The number of rotatable bonds is 5. The Kier molecular flexibility index (Phi) is 4.47. The molecule has 2 N–H and O–H groups in total. The molecule has 0 unspecified atom stereocenters. The predicted molar refractivity (Wildman–Crippen MR) is 81.6 cm³/mol. The molecular weight excluding hydrogens is 294 g/mol. The van der Waals surface area contributed by atoms with Crippen LogP contribution in [0.25, 0.3) is 0 Å². The average molecular weight is 311 g/mol. The molecule has 0 spiro atoms. The number of aliphatic hydroxyl groups is 1. The van der Waals surface area contributed by atoms with E-state index in [0.29, 0.717) is 16.1 Å². The fraction of sp³-hybridized carbons (Fsp3) is 0.286. The third-order valence-electron chi connectivity index (χ3n) is 3.02. The summed E-state index contributed by atoms with van der Waals surface area (Å²) in [7, 11) is -3.66. The second-order valence-electron chi connectivity index (χ2n) is 4.49. The van der Waals surface area contributed by atoms with Crippen LogP contribution in [0.2, 0.25) is 0 Å². The molecule has 0 amide bonds. The van der Waals surface area contributed by atoms with Crippen molar-refractivity contribution < 1.29 is 13.5 Å². The van der Waals surface area contributed by atoms with Crippen LogP contribution < -0.4 is 4.72 Å². The monoisotopic (exact) mass is 311 g/mol. The van der Waals surface area contributed by atoms with Crippen molar-refractivity contribution in [3.05, 3.63) is 45.6 Å². The van der Waals surface area contributed by atoms with Crippen molar-refractivity contribution in [2.45, 2.75) is 31.8 Å². The quantitative estimate of drug-likeness (QED) is 0.892. The van der Waals surface area contributed by atoms with Gasteiger partial charge in [0.25, 0.3) is 10.0 Å². The smallest absolute Gasteiger partial charge is 0.263 e. The number of aryl methyl sites for hydroxylation is 2. The van der Waals surface area contributed by atoms with Crippen LogP contribution in [-0.4, -0.2) is 13.5 Å². The van der Waals surface area contributed by atoms with Crippen LogP contribution in [0, 0.1) is 6.92 Å². The van der Waals surface area contributed by atoms with Crippen molar-refractivity contribution in [3.8, 4) is 0 Å². The lowest BCUT2D eigenvalue weighted by atomic mass is 10.2. The van der Waals surface area contributed by atoms with Gasteiger partial charge in [0.05, 0.1) is 11.5 Å². The highest BCUT2D eigenvalue weighted by Gasteiger charge is 2.22. The zero-order chi connectivity index (χ0) is 14.8. The van der Waals surface area contributed by atoms with Gasteiger partial charge in [-0.1, -0.05) is 19.1 Å². The number of benzene rings is 1. The van der Waals surface area contributed by atoms with Gasteiger partial charge in [-0.2, -0.15) is 0 Å². The van der Waals surface area contributed by atoms with E-state index in [2.05, 4.69) is 4.72 Å². The maximum absolute atomic E-state index is 12.4. The van der Waals surface area contributed by atoms with Crippen molar-refractivity contribution in [1.29, 1.82) is 0 Å². The highest BCUT2D eigenvalue weighted by molar-refractivity contribution is 7.93. The van der Waals surface area contributed by atoms with E-state index in [1.807, 2.05) is 19.1 Å². The lowest BCUT2D eigenvalue weighted by Crippen LogP contribution is -2.14. The molecule has 0 saturated heterocycles. The first-order chi connectivity index (χ1) is 9.47. The zero-order valence-corrected chi connectivity index (χ0v) is 13.0. The van der Waals surface area contributed by atoms with Gasteiger partial charge in [0.2, 0.25) is 0 Å². The molecule has 0 aliphatic heterocycles. The Morgan fingerprint density at radius 2 is 1.90 bits per heavy atom. The first kappa shape index (κ1) is 15.0. The van der Waals surface area contributed by atoms with Gasteiger partial charge in [0.1, 0.15) is 4.90 Å². The molecule has 2 aromatic rings. The second-order valence-corrected chi connectivity index (χ2v) is 7.07. The van der Waals surface area contributed by atoms with Gasteiger partial charge in [-0.05, 0) is 42.0 Å². The Hall–Kier alpha value is -1.37. The molecule has 2 rings (SSSR count). The normalized spacial score (nSPS) is 11.6. The molecule has 0 radical (unpaired) electrons. The van der Waals surface area contributed by atoms with Crippen LogP contribution >= 0.6 is 11.3 Å². The fourth-order valence-corrected chi connectivity index (χ4v) is 4.70. The van der Waals surface area contributed by atoms with Crippen LogP contribution in [0.1, 0.15) is 22.9 Å². The van der Waals surface area contributed by atoms with Gasteiger partial charge in [-0.3, -0.25) is 4.72 Å². The molecule has 0 fully saturated rings. The first-order valence-corrected chi connectivity index (χ1v) is 8.63. The molecule has 1 aromatic carbocycles. The van der Waals surface area contributed by atoms with Gasteiger partial charge in [0, 0.05) is 5.69 Å². The van der Waals surface area contributed by atoms with Crippen molar-refractivity contribution in [2.75, 3.05) is 4.72 Å². The van der Waals surface area contributed by atoms with Crippen LogP contribution in [-0.2, 0) is 23.1 Å². The van der Waals surface area contributed by atoms with E-state index in [-0.39, 0.29) is 11.5 Å². The van der Waals surface area contributed by atoms with Gasteiger partial charge in [-0.15, -0.1) is 11.3 Å². The predicted octanol–water partition coefficient (Wildman–Crippen LogP) is 2.91. The molecule has 4 nitrogen and oxygen atoms in total. The molecule has 0 bridgehead atoms. The van der Waals surface area contributed by atoms with E-state index in [9.17, 15) is 13.5 Å². The SMILES string of the molecule is CCc1ccc(NS(=O)(=O)c2c(C)csc2CO)cc1. The average Bonchev–Trinajstić information content (AvgIpc) is 2.81. The van der Waals surface area contributed by atoms with Gasteiger partial charge in [-0.25, -0.2) is 8.42 Å². The summed E-state index contributed by atoms with van der Waals surface area (Å²) < 4.78 is 27.4. The molecule has 0 atom stereocenters. The first-order valence-electron chi connectivity index (χ1n) is 6.27. The third-order valence-corrected chi connectivity index (χ3v) is 5.84. The summed E-state index contributed by atoms with van der Waals surface area (Å²) in [5.74, 6) is 0. The molecule has 0 aliphatic carbocycles. The van der Waals surface area contributed by atoms with E-state index >= 15 is 0 Å². The number of nitrogens with one attached hydrogen (secondary N) is 1. The van der Waals surface area contributed by atoms with Crippen molar-refractivity contribution >= 4 is 27.0 Å². The summed E-state index contributed by atoms with van der Waals surface area (Å²) >= 11 is 1.25. The molecular formula is C14H17NO3S2. The van der Waals surface area contributed by atoms with E-state index in [1.54, 1.807) is 24.4 Å². The molecule has 108 valence electrons. The number of thiophene rings is 1. The van der Waals surface area contributed by atoms with Gasteiger partial charge in [0.15, 0.2) is 0 Å². The maximum Gasteiger partial charge on any atom is 0.263 e. The summed E-state index contributed by atoms with van der Waals surface area (Å²) in [6, 6.07) is 7.28. The molecule has 1 heterocycles. The maximum atomic E-state index is 12.4. The van der Waals surface area contributed by atoms with Crippen LogP contribution in [0.5, 0.6) is 0 Å². The zero-order valence-electron chi connectivity index (χ0n) is 11.4. The lowest BCUT2D eigenvalue weighted by molar-refractivity contribution is 0.282. The molecule has 0 saturated carbocycles. The minimum Gasteiger partial charge on any atom is -0.391 e. The van der Waals surface area contributed by atoms with Crippen LogP contribution in [0.4, 0.5) is 5.69 Å². The van der Waals surface area contributed by atoms with Gasteiger partial charge < -0.3 is 5.11 Å². The summed E-state index contributed by atoms with van der Waals surface area (Å²) in [6.45, 7) is 3.50. The molecule has 0 aliphatic rings. The third kappa shape index (κ3) is 3.03. The number of hydrogen-bond donors (Lipinski definition) is 2. The Morgan fingerprint density at radius 3 is 2.45 bits per heavy atom. The number of anilines is 1. The standard InChI is InChI=1S/C14H17NO3S2/c1-3-11-4-6-12(7-5-11)15-20(17,18)14-10(2)9-19-13(14)8-16/h4-7,9,15-16H,3,8H2,1-2H3. The van der Waals surface area contributed by atoms with E-state index in [0.717, 1.165) is 12.0 Å². The highest BCUT2D eigenvalue weighted by Crippen LogP contribution is 2.28. The summed E-state index contributed by atoms with van der Waals surface area (Å²) in [5, 5.41) is 11.0. The Balaban J connectivity index is 2.32. The topological polar surface area (TPSA) is 66.4 Å². The van der Waals surface area contributed by atoms with E-state index < -0.39 is 10.0 Å². The van der Waals surface area contributed by atoms with Crippen LogP contribution in [0.3, 0.4) is 0 Å². The van der Waals surface area contributed by atoms with Gasteiger partial charge >= 0.3 is 0 Å². The van der Waals surface area contributed by atoms with Crippen molar-refractivity contribution in [1.82, 2.24) is 0 Å². The van der Waals surface area contributed by atoms with E-state index in [1.165, 1.54) is 11.3 Å². The van der Waals surface area contributed by atoms with Crippen LogP contribution in [0.15, 0.2) is 34.5 Å². The number of aliphatic hydroxyl groups excluding tert-OH is 1. The largest absolute Gasteiger partial charge is 0.391 e. The van der Waals surface area contributed by atoms with Crippen molar-refractivity contribution in [2.24, 2.45) is 0 Å². The molecule has 1 aromatic heterocycles. The second kappa shape index (κ2) is 5.95. The Labute approximate surface area is 123 Å². The summed E-state index contributed by atoms with van der Waals surface area (Å²) in [6.07, 6.45) is 0.908. The minimum absolute atomic E-state index is 0.185. The Bertz CT molecular complexity index is 688. The summed E-state index contributed by atoms with van der Waals surface area (Å²) in [4.78, 5) is 0.643. The number of hydrogen-bond acceptors (Lipinski definition) is 4. The molecule has 6 heteroatoms. The van der Waals surface area contributed by atoms with E-state index in [4.69, 9.17) is 0 Å².